The van der Waals surface area contributed by atoms with Gasteiger partial charge in [0.2, 0.25) is 0 Å². The molecule has 0 amide bonds. The van der Waals surface area contributed by atoms with Crippen LogP contribution in [-0.4, -0.2) is 30.1 Å². The molecule has 142 valence electrons. The number of benzene rings is 1. The van der Waals surface area contributed by atoms with Gasteiger partial charge in [-0.1, -0.05) is 23.2 Å². The zero-order valence-corrected chi connectivity index (χ0v) is 18.3. The molecule has 1 aromatic heterocycles. The Morgan fingerprint density at radius 1 is 1.27 bits per heavy atom. The second-order valence-corrected chi connectivity index (χ2v) is 6.34. The van der Waals surface area contributed by atoms with Crippen LogP contribution in [0.2, 0.25) is 10.0 Å². The Morgan fingerprint density at radius 3 is 2.58 bits per heavy atom. The lowest BCUT2D eigenvalue weighted by molar-refractivity contribution is 0.242. The summed E-state index contributed by atoms with van der Waals surface area (Å²) in [5.41, 5.74) is 6.71. The van der Waals surface area contributed by atoms with Gasteiger partial charge in [-0.05, 0) is 44.2 Å². The van der Waals surface area contributed by atoms with Crippen molar-refractivity contribution in [2.75, 3.05) is 23.7 Å². The molecule has 1 aromatic carbocycles. The monoisotopic (exact) mass is 509 g/mol. The van der Waals surface area contributed by atoms with Crippen LogP contribution in [0.1, 0.15) is 13.8 Å². The lowest BCUT2D eigenvalue weighted by Gasteiger charge is -2.11. The second kappa shape index (κ2) is 11.3. The van der Waals surface area contributed by atoms with E-state index in [1.807, 2.05) is 38.1 Å². The molecule has 0 saturated carbocycles. The Balaban J connectivity index is 0.00000338. The fourth-order valence-electron chi connectivity index (χ4n) is 1.97. The van der Waals surface area contributed by atoms with Crippen LogP contribution in [0.5, 0.6) is 5.75 Å². The number of pyridine rings is 1. The summed E-state index contributed by atoms with van der Waals surface area (Å²) >= 11 is 11.8. The van der Waals surface area contributed by atoms with Crippen molar-refractivity contribution < 1.29 is 4.74 Å². The van der Waals surface area contributed by atoms with Gasteiger partial charge in [-0.3, -0.25) is 4.99 Å². The molecule has 0 aliphatic heterocycles. The highest BCUT2D eigenvalue weighted by molar-refractivity contribution is 14.0. The van der Waals surface area contributed by atoms with Crippen LogP contribution in [0.15, 0.2) is 41.5 Å². The quantitative estimate of drug-likeness (QED) is 0.219. The van der Waals surface area contributed by atoms with E-state index in [4.69, 9.17) is 33.7 Å². The summed E-state index contributed by atoms with van der Waals surface area (Å²) in [5.74, 6) is 1.70. The van der Waals surface area contributed by atoms with Crippen LogP contribution >= 0.6 is 47.2 Å². The van der Waals surface area contributed by atoms with Crippen LogP contribution in [0, 0.1) is 0 Å². The number of aromatic nitrogens is 1. The number of nitrogens with one attached hydrogen (secondary N) is 2. The molecule has 0 aliphatic rings. The van der Waals surface area contributed by atoms with Crippen molar-refractivity contribution in [1.29, 1.82) is 0 Å². The van der Waals surface area contributed by atoms with Crippen molar-refractivity contribution in [2.24, 2.45) is 10.7 Å². The number of hydrogen-bond donors (Lipinski definition) is 3. The van der Waals surface area contributed by atoms with Gasteiger partial charge in [-0.25, -0.2) is 4.98 Å². The van der Waals surface area contributed by atoms with Crippen molar-refractivity contribution in [3.05, 3.63) is 46.6 Å². The standard InChI is InChI=1S/C17H21Cl2N5O.HI/c1-11(2)25-14-5-3-13(4-6-14)24-17(20)22-8-7-21-16-15(19)9-12(18)10-23-16;/h3-6,9-11H,7-8H2,1-2H3,(H,21,23)(H3,20,22,24);1H. The molecule has 2 aromatic rings. The third-order valence-electron chi connectivity index (χ3n) is 2.99. The Labute approximate surface area is 180 Å². The van der Waals surface area contributed by atoms with Gasteiger partial charge in [0.15, 0.2) is 5.96 Å². The Hall–Kier alpha value is -1.45. The number of guanidine groups is 1. The maximum atomic E-state index is 6.03. The number of aliphatic imine (C=N–C) groups is 1. The first-order chi connectivity index (χ1) is 11.9. The highest BCUT2D eigenvalue weighted by Crippen LogP contribution is 2.22. The van der Waals surface area contributed by atoms with Crippen LogP contribution in [-0.2, 0) is 0 Å². The van der Waals surface area contributed by atoms with Gasteiger partial charge < -0.3 is 21.1 Å². The molecule has 0 spiro atoms. The maximum absolute atomic E-state index is 6.03. The van der Waals surface area contributed by atoms with Gasteiger partial charge in [-0.15, -0.1) is 24.0 Å². The average molecular weight is 510 g/mol. The minimum atomic E-state index is 0. The third kappa shape index (κ3) is 7.84. The minimum absolute atomic E-state index is 0. The zero-order chi connectivity index (χ0) is 18.2. The first-order valence-corrected chi connectivity index (χ1v) is 8.58. The summed E-state index contributed by atoms with van der Waals surface area (Å²) in [5, 5.41) is 7.06. The van der Waals surface area contributed by atoms with Crippen molar-refractivity contribution in [3.8, 4) is 5.75 Å². The number of hydrogen-bond acceptors (Lipinski definition) is 4. The SMILES string of the molecule is CC(C)Oc1ccc(NC(N)=NCCNc2ncc(Cl)cc2Cl)cc1.I. The molecular formula is C17H22Cl2IN5O. The van der Waals surface area contributed by atoms with Gasteiger partial charge in [0.25, 0.3) is 0 Å². The summed E-state index contributed by atoms with van der Waals surface area (Å²) in [7, 11) is 0. The lowest BCUT2D eigenvalue weighted by atomic mass is 10.3. The molecule has 0 unspecified atom stereocenters. The van der Waals surface area contributed by atoms with Crippen LogP contribution < -0.4 is 21.1 Å². The van der Waals surface area contributed by atoms with Gasteiger partial charge in [0.1, 0.15) is 11.6 Å². The summed E-state index contributed by atoms with van der Waals surface area (Å²) in [4.78, 5) is 8.35. The summed E-state index contributed by atoms with van der Waals surface area (Å²) < 4.78 is 5.59. The first-order valence-electron chi connectivity index (χ1n) is 7.82. The van der Waals surface area contributed by atoms with E-state index in [-0.39, 0.29) is 30.1 Å². The van der Waals surface area contributed by atoms with Crippen LogP contribution in [0.4, 0.5) is 11.5 Å². The third-order valence-corrected chi connectivity index (χ3v) is 3.49. The molecule has 26 heavy (non-hydrogen) atoms. The molecule has 6 nitrogen and oxygen atoms in total. The van der Waals surface area contributed by atoms with E-state index in [1.54, 1.807) is 6.07 Å². The number of nitrogens with two attached hydrogens (primary N) is 1. The summed E-state index contributed by atoms with van der Waals surface area (Å²) in [6, 6.07) is 9.16. The molecule has 4 N–H and O–H groups in total. The molecule has 2 rings (SSSR count). The minimum Gasteiger partial charge on any atom is -0.491 e. The maximum Gasteiger partial charge on any atom is 0.193 e. The fraction of sp³-hybridized carbons (Fsp3) is 0.294. The predicted octanol–water partition coefficient (Wildman–Crippen LogP) is 4.63. The fourth-order valence-corrected chi connectivity index (χ4v) is 2.42. The Bertz CT molecular complexity index is 726. The molecule has 0 fully saturated rings. The molecule has 0 saturated heterocycles. The lowest BCUT2D eigenvalue weighted by Crippen LogP contribution is -2.23. The number of nitrogens with zero attached hydrogens (tertiary/aromatic N) is 2. The smallest absolute Gasteiger partial charge is 0.193 e. The van der Waals surface area contributed by atoms with Gasteiger partial charge in [0.05, 0.1) is 22.7 Å². The molecule has 0 aliphatic carbocycles. The molecule has 1 heterocycles. The molecule has 9 heteroatoms. The highest BCUT2D eigenvalue weighted by atomic mass is 127. The van der Waals surface area contributed by atoms with Crippen LogP contribution in [0.25, 0.3) is 0 Å². The van der Waals surface area contributed by atoms with E-state index in [0.717, 1.165) is 11.4 Å². The van der Waals surface area contributed by atoms with E-state index >= 15 is 0 Å². The van der Waals surface area contributed by atoms with Gasteiger partial charge in [-0.2, -0.15) is 0 Å². The number of rotatable bonds is 7. The van der Waals surface area contributed by atoms with Crippen molar-refractivity contribution in [2.45, 2.75) is 20.0 Å². The molecule has 0 atom stereocenters. The van der Waals surface area contributed by atoms with Crippen molar-refractivity contribution in [3.63, 3.8) is 0 Å². The van der Waals surface area contributed by atoms with Crippen molar-refractivity contribution in [1.82, 2.24) is 4.98 Å². The molecular weight excluding hydrogens is 488 g/mol. The average Bonchev–Trinajstić information content (AvgIpc) is 2.54. The van der Waals surface area contributed by atoms with Gasteiger partial charge >= 0.3 is 0 Å². The zero-order valence-electron chi connectivity index (χ0n) is 14.5. The van der Waals surface area contributed by atoms with Crippen molar-refractivity contribution >= 4 is 64.6 Å². The number of halogens is 3. The Morgan fingerprint density at radius 2 is 1.96 bits per heavy atom. The normalized spacial score (nSPS) is 11.0. The first kappa shape index (κ1) is 22.6. The topological polar surface area (TPSA) is 84.6 Å². The van der Waals surface area contributed by atoms with Gasteiger partial charge in [0, 0.05) is 18.4 Å². The molecule has 0 radical (unpaired) electrons. The second-order valence-electron chi connectivity index (χ2n) is 5.49. The summed E-state index contributed by atoms with van der Waals surface area (Å²) in [6.07, 6.45) is 1.67. The largest absolute Gasteiger partial charge is 0.491 e. The number of anilines is 2. The Kier molecular flexibility index (Phi) is 9.82. The van der Waals surface area contributed by atoms with E-state index in [1.165, 1.54) is 6.20 Å². The predicted molar refractivity (Wildman–Crippen MR) is 120 cm³/mol. The van der Waals surface area contributed by atoms with E-state index in [2.05, 4.69) is 20.6 Å². The van der Waals surface area contributed by atoms with E-state index < -0.39 is 0 Å². The highest BCUT2D eigenvalue weighted by Gasteiger charge is 2.02. The summed E-state index contributed by atoms with van der Waals surface area (Å²) in [6.45, 7) is 4.97. The van der Waals surface area contributed by atoms with E-state index in [9.17, 15) is 0 Å². The van der Waals surface area contributed by atoms with Crippen LogP contribution in [0.3, 0.4) is 0 Å². The number of ether oxygens (including phenoxy) is 1. The van der Waals surface area contributed by atoms with E-state index in [0.29, 0.717) is 34.9 Å². The molecule has 0 bridgehead atoms.